The molecule has 0 saturated heterocycles. The predicted octanol–water partition coefficient (Wildman–Crippen LogP) is 0.879. The lowest BCUT2D eigenvalue weighted by Gasteiger charge is -2.20. The van der Waals surface area contributed by atoms with Crippen LogP contribution in [0, 0.1) is 5.41 Å². The summed E-state index contributed by atoms with van der Waals surface area (Å²) in [4.78, 5) is 10.7. The number of ketones is 1. The molecular formula is C7H14O4S. The van der Waals surface area contributed by atoms with Crippen LogP contribution < -0.4 is 0 Å². The van der Waals surface area contributed by atoms with Gasteiger partial charge >= 0.3 is 0 Å². The van der Waals surface area contributed by atoms with Gasteiger partial charge in [-0.15, -0.1) is 0 Å². The molecule has 0 saturated carbocycles. The van der Waals surface area contributed by atoms with Crippen LogP contribution in [-0.4, -0.2) is 24.5 Å². The first-order valence-electron chi connectivity index (χ1n) is 3.57. The summed E-state index contributed by atoms with van der Waals surface area (Å²) in [6.45, 7) is 4.65. The third kappa shape index (κ3) is 6.30. The van der Waals surface area contributed by atoms with E-state index in [4.69, 9.17) is 4.55 Å². The lowest BCUT2D eigenvalue weighted by atomic mass is 9.90. The normalized spacial score (nSPS) is 13.0. The Bertz CT molecular complexity index is 263. The summed E-state index contributed by atoms with van der Waals surface area (Å²) >= 11 is 0. The molecule has 0 heterocycles. The monoisotopic (exact) mass is 194 g/mol. The van der Waals surface area contributed by atoms with Crippen LogP contribution in [-0.2, 0) is 14.9 Å². The third-order valence-corrected chi connectivity index (χ3v) is 2.45. The van der Waals surface area contributed by atoms with E-state index in [2.05, 4.69) is 0 Å². The minimum atomic E-state index is -3.98. The molecule has 0 aliphatic heterocycles. The van der Waals surface area contributed by atoms with Crippen molar-refractivity contribution in [1.82, 2.24) is 0 Å². The van der Waals surface area contributed by atoms with E-state index in [1.165, 1.54) is 6.92 Å². The van der Waals surface area contributed by atoms with Crippen molar-refractivity contribution in [3.05, 3.63) is 0 Å². The Morgan fingerprint density at radius 3 is 2.08 bits per heavy atom. The number of carbonyl (C=O) groups excluding carboxylic acids is 1. The van der Waals surface area contributed by atoms with Gasteiger partial charge in [-0.3, -0.25) is 4.55 Å². The fourth-order valence-corrected chi connectivity index (χ4v) is 2.31. The lowest BCUT2D eigenvalue weighted by molar-refractivity contribution is -0.118. The highest BCUT2D eigenvalue weighted by atomic mass is 32.2. The lowest BCUT2D eigenvalue weighted by Crippen LogP contribution is -2.25. The van der Waals surface area contributed by atoms with E-state index in [0.717, 1.165) is 0 Å². The molecule has 0 rings (SSSR count). The van der Waals surface area contributed by atoms with E-state index in [0.29, 0.717) is 0 Å². The van der Waals surface area contributed by atoms with Crippen LogP contribution in [0.3, 0.4) is 0 Å². The minimum absolute atomic E-state index is 0.0800. The molecule has 0 aliphatic carbocycles. The second-order valence-corrected chi connectivity index (χ2v) is 5.22. The summed E-state index contributed by atoms with van der Waals surface area (Å²) in [6, 6.07) is 0. The molecule has 5 heteroatoms. The fourth-order valence-electron chi connectivity index (χ4n) is 1.22. The van der Waals surface area contributed by atoms with Gasteiger partial charge in [0.25, 0.3) is 10.1 Å². The topological polar surface area (TPSA) is 71.4 Å². The molecule has 0 aromatic heterocycles. The first-order chi connectivity index (χ1) is 5.12. The minimum Gasteiger partial charge on any atom is -0.300 e. The largest absolute Gasteiger partial charge is 0.300 e. The maximum atomic E-state index is 10.7. The maximum Gasteiger partial charge on any atom is 0.265 e. The van der Waals surface area contributed by atoms with Gasteiger partial charge in [0.1, 0.15) is 5.78 Å². The number of Topliss-reactive ketones (excluding diaryl/α,β-unsaturated/α-hetero) is 1. The van der Waals surface area contributed by atoms with Crippen molar-refractivity contribution in [1.29, 1.82) is 0 Å². The average Bonchev–Trinajstić information content (AvgIpc) is 1.48. The smallest absolute Gasteiger partial charge is 0.265 e. The predicted molar refractivity (Wildman–Crippen MR) is 45.5 cm³/mol. The van der Waals surface area contributed by atoms with Crippen molar-refractivity contribution < 1.29 is 17.8 Å². The molecule has 0 aromatic rings. The SMILES string of the molecule is CC(=O)CC(C)(C)CS(=O)(=O)O. The van der Waals surface area contributed by atoms with Gasteiger partial charge in [0.2, 0.25) is 0 Å². The van der Waals surface area contributed by atoms with Crippen molar-refractivity contribution >= 4 is 15.9 Å². The number of hydrogen-bond acceptors (Lipinski definition) is 3. The van der Waals surface area contributed by atoms with E-state index in [1.54, 1.807) is 13.8 Å². The highest BCUT2D eigenvalue weighted by Crippen LogP contribution is 2.22. The zero-order chi connectivity index (χ0) is 9.99. The maximum absolute atomic E-state index is 10.7. The highest BCUT2D eigenvalue weighted by molar-refractivity contribution is 7.85. The summed E-state index contributed by atoms with van der Waals surface area (Å²) < 4.78 is 29.5. The Labute approximate surface area is 72.7 Å². The van der Waals surface area contributed by atoms with Crippen molar-refractivity contribution in [2.45, 2.75) is 27.2 Å². The standard InChI is InChI=1S/C7H14O4S/c1-6(8)4-7(2,3)5-12(9,10)11/h4-5H2,1-3H3,(H,9,10,11). The van der Waals surface area contributed by atoms with Gasteiger partial charge in [0.05, 0.1) is 5.75 Å². The van der Waals surface area contributed by atoms with Gasteiger partial charge in [-0.1, -0.05) is 13.8 Å². The molecule has 0 aliphatic rings. The molecule has 0 atom stereocenters. The Hall–Kier alpha value is -0.420. The Kier molecular flexibility index (Phi) is 3.41. The number of hydrogen-bond donors (Lipinski definition) is 1. The van der Waals surface area contributed by atoms with Crippen molar-refractivity contribution in [2.75, 3.05) is 5.75 Å². The summed E-state index contributed by atoms with van der Waals surface area (Å²) in [7, 11) is -3.98. The second kappa shape index (κ2) is 3.53. The quantitative estimate of drug-likeness (QED) is 0.674. The van der Waals surface area contributed by atoms with Gasteiger partial charge in [0.15, 0.2) is 0 Å². The fraction of sp³-hybridized carbons (Fsp3) is 0.857. The molecular weight excluding hydrogens is 180 g/mol. The summed E-state index contributed by atoms with van der Waals surface area (Å²) in [5.41, 5.74) is -0.681. The van der Waals surface area contributed by atoms with Crippen LogP contribution >= 0.6 is 0 Å². The van der Waals surface area contributed by atoms with Crippen molar-refractivity contribution in [3.63, 3.8) is 0 Å². The first kappa shape index (κ1) is 11.6. The van der Waals surface area contributed by atoms with E-state index in [1.807, 2.05) is 0 Å². The van der Waals surface area contributed by atoms with Crippen LogP contribution in [0.25, 0.3) is 0 Å². The number of rotatable bonds is 4. The summed E-state index contributed by atoms with van der Waals surface area (Å²) in [6.07, 6.45) is 0.160. The Morgan fingerprint density at radius 2 is 1.83 bits per heavy atom. The van der Waals surface area contributed by atoms with Crippen LogP contribution in [0.2, 0.25) is 0 Å². The number of carbonyl (C=O) groups is 1. The molecule has 4 nitrogen and oxygen atoms in total. The Balaban J connectivity index is 4.33. The molecule has 0 unspecified atom stereocenters. The van der Waals surface area contributed by atoms with Gasteiger partial charge in [0, 0.05) is 6.42 Å². The van der Waals surface area contributed by atoms with Gasteiger partial charge < -0.3 is 4.79 Å². The molecule has 0 spiro atoms. The van der Waals surface area contributed by atoms with Gasteiger partial charge in [-0.2, -0.15) is 8.42 Å². The van der Waals surface area contributed by atoms with E-state index >= 15 is 0 Å². The Morgan fingerprint density at radius 1 is 1.42 bits per heavy atom. The zero-order valence-corrected chi connectivity index (χ0v) is 8.31. The van der Waals surface area contributed by atoms with Gasteiger partial charge in [-0.05, 0) is 12.3 Å². The van der Waals surface area contributed by atoms with Crippen LogP contribution in [0.4, 0.5) is 0 Å². The summed E-state index contributed by atoms with van der Waals surface area (Å²) in [5.74, 6) is -0.455. The van der Waals surface area contributed by atoms with Crippen LogP contribution in [0.5, 0.6) is 0 Å². The van der Waals surface area contributed by atoms with Crippen LogP contribution in [0.1, 0.15) is 27.2 Å². The first-order valence-corrected chi connectivity index (χ1v) is 5.18. The van der Waals surface area contributed by atoms with Gasteiger partial charge in [-0.25, -0.2) is 0 Å². The van der Waals surface area contributed by atoms with E-state index < -0.39 is 15.5 Å². The summed E-state index contributed by atoms with van der Waals surface area (Å²) in [5, 5.41) is 0. The van der Waals surface area contributed by atoms with E-state index in [-0.39, 0.29) is 18.0 Å². The van der Waals surface area contributed by atoms with Crippen molar-refractivity contribution in [2.24, 2.45) is 5.41 Å². The van der Waals surface area contributed by atoms with E-state index in [9.17, 15) is 13.2 Å². The molecule has 0 radical (unpaired) electrons. The zero-order valence-electron chi connectivity index (χ0n) is 7.49. The second-order valence-electron chi connectivity index (χ2n) is 3.77. The van der Waals surface area contributed by atoms with Crippen LogP contribution in [0.15, 0.2) is 0 Å². The average molecular weight is 194 g/mol. The van der Waals surface area contributed by atoms with Crippen molar-refractivity contribution in [3.8, 4) is 0 Å². The molecule has 72 valence electrons. The molecule has 0 bridgehead atoms. The molecule has 1 N–H and O–H groups in total. The third-order valence-electron chi connectivity index (χ3n) is 1.30. The molecule has 0 aromatic carbocycles. The molecule has 12 heavy (non-hydrogen) atoms. The molecule has 0 amide bonds. The highest BCUT2D eigenvalue weighted by Gasteiger charge is 2.26. The molecule has 0 fully saturated rings.